The van der Waals surface area contributed by atoms with Gasteiger partial charge in [0.1, 0.15) is 0 Å². The molecule has 0 aromatic heterocycles. The summed E-state index contributed by atoms with van der Waals surface area (Å²) in [6.07, 6.45) is 15.9. The van der Waals surface area contributed by atoms with Crippen molar-refractivity contribution in [3.8, 4) is 0 Å². The molecule has 1 saturated heterocycles. The second kappa shape index (κ2) is 10.6. The summed E-state index contributed by atoms with van der Waals surface area (Å²) in [4.78, 5) is 7.11. The van der Waals surface area contributed by atoms with E-state index in [9.17, 15) is 0 Å². The van der Waals surface area contributed by atoms with Gasteiger partial charge in [0.05, 0.1) is 0 Å². The molecule has 0 aromatic carbocycles. The van der Waals surface area contributed by atoms with Gasteiger partial charge in [0.2, 0.25) is 0 Å². The minimum Gasteiger partial charge on any atom is -0.356 e. The van der Waals surface area contributed by atoms with Gasteiger partial charge < -0.3 is 10.6 Å². The van der Waals surface area contributed by atoms with E-state index < -0.39 is 0 Å². The van der Waals surface area contributed by atoms with Crippen molar-refractivity contribution in [2.75, 3.05) is 26.7 Å². The highest BCUT2D eigenvalue weighted by Crippen LogP contribution is 2.26. The van der Waals surface area contributed by atoms with Crippen LogP contribution < -0.4 is 10.6 Å². The average molecular weight is 446 g/mol. The second-order valence-corrected chi connectivity index (χ2v) is 7.42. The maximum Gasteiger partial charge on any atom is 0.191 e. The summed E-state index contributed by atoms with van der Waals surface area (Å²) >= 11 is 0. The summed E-state index contributed by atoms with van der Waals surface area (Å²) < 4.78 is 0. The van der Waals surface area contributed by atoms with E-state index in [0.717, 1.165) is 18.5 Å². The molecule has 0 spiro atoms. The largest absolute Gasteiger partial charge is 0.356 e. The lowest BCUT2D eigenvalue weighted by molar-refractivity contribution is 0.242. The summed E-state index contributed by atoms with van der Waals surface area (Å²) in [5.41, 5.74) is 1.63. The van der Waals surface area contributed by atoms with E-state index in [-0.39, 0.29) is 24.0 Å². The average Bonchev–Trinajstić information content (AvgIpc) is 3.26. The van der Waals surface area contributed by atoms with Gasteiger partial charge in [-0.2, -0.15) is 0 Å². The smallest absolute Gasteiger partial charge is 0.191 e. The molecular weight excluding hydrogens is 411 g/mol. The van der Waals surface area contributed by atoms with Crippen LogP contribution in [0.25, 0.3) is 0 Å². The highest BCUT2D eigenvalue weighted by molar-refractivity contribution is 14.0. The molecule has 1 unspecified atom stereocenters. The molecule has 0 aromatic rings. The normalized spacial score (nSPS) is 26.1. The maximum atomic E-state index is 4.41. The van der Waals surface area contributed by atoms with Gasteiger partial charge in [0.25, 0.3) is 0 Å². The Morgan fingerprint density at radius 3 is 2.75 bits per heavy atom. The quantitative estimate of drug-likeness (QED) is 0.293. The van der Waals surface area contributed by atoms with Crippen molar-refractivity contribution in [3.05, 3.63) is 11.6 Å². The van der Waals surface area contributed by atoms with E-state index >= 15 is 0 Å². The van der Waals surface area contributed by atoms with Crippen LogP contribution in [0.15, 0.2) is 16.6 Å². The Kier molecular flexibility index (Phi) is 8.87. The summed E-state index contributed by atoms with van der Waals surface area (Å²) in [6.45, 7) is 3.45. The Hall–Kier alpha value is -0.300. The Morgan fingerprint density at radius 2 is 2.04 bits per heavy atom. The highest BCUT2D eigenvalue weighted by atomic mass is 127. The van der Waals surface area contributed by atoms with Crippen molar-refractivity contribution in [2.45, 2.75) is 76.3 Å². The lowest BCUT2D eigenvalue weighted by Gasteiger charge is -2.24. The molecule has 1 heterocycles. The van der Waals surface area contributed by atoms with Crippen LogP contribution in [0.3, 0.4) is 0 Å². The third kappa shape index (κ3) is 5.90. The molecule has 2 N–H and O–H groups in total. The van der Waals surface area contributed by atoms with Crippen LogP contribution >= 0.6 is 24.0 Å². The van der Waals surface area contributed by atoms with E-state index in [4.69, 9.17) is 0 Å². The zero-order chi connectivity index (χ0) is 15.9. The van der Waals surface area contributed by atoms with E-state index in [1.807, 2.05) is 7.05 Å². The standard InChI is InChI=1S/C19H34N4.HI/c1-20-19(21-13-11-16-7-3-2-4-8-16)22-17-12-14-23(15-17)18-9-5-6-10-18;/h7,17-18H,2-6,8-15H2,1H3,(H2,20,21,22);1H. The summed E-state index contributed by atoms with van der Waals surface area (Å²) in [5.74, 6) is 0.986. The number of halogens is 1. The van der Waals surface area contributed by atoms with Crippen molar-refractivity contribution in [1.29, 1.82) is 0 Å². The summed E-state index contributed by atoms with van der Waals surface area (Å²) in [5, 5.41) is 7.14. The Bertz CT molecular complexity index is 429. The fourth-order valence-corrected chi connectivity index (χ4v) is 4.37. The Labute approximate surface area is 164 Å². The first kappa shape index (κ1) is 20.0. The second-order valence-electron chi connectivity index (χ2n) is 7.42. The van der Waals surface area contributed by atoms with Crippen LogP contribution in [0, 0.1) is 0 Å². The number of nitrogens with zero attached hydrogens (tertiary/aromatic N) is 2. The number of hydrogen-bond donors (Lipinski definition) is 2. The van der Waals surface area contributed by atoms with E-state index in [1.165, 1.54) is 77.3 Å². The van der Waals surface area contributed by atoms with Crippen LogP contribution in [-0.4, -0.2) is 49.6 Å². The molecule has 5 heteroatoms. The molecule has 1 saturated carbocycles. The predicted molar refractivity (Wildman–Crippen MR) is 113 cm³/mol. The van der Waals surface area contributed by atoms with Gasteiger partial charge in [-0.1, -0.05) is 24.5 Å². The molecule has 3 aliphatic rings. The van der Waals surface area contributed by atoms with Crippen molar-refractivity contribution in [2.24, 2.45) is 4.99 Å². The lowest BCUT2D eigenvalue weighted by atomic mass is 9.97. The third-order valence-corrected chi connectivity index (χ3v) is 5.75. The number of allylic oxidation sites excluding steroid dienone is 1. The van der Waals surface area contributed by atoms with Crippen molar-refractivity contribution < 1.29 is 0 Å². The first-order valence-corrected chi connectivity index (χ1v) is 9.74. The number of likely N-dealkylation sites (tertiary alicyclic amines) is 1. The van der Waals surface area contributed by atoms with Gasteiger partial charge in [-0.3, -0.25) is 9.89 Å². The molecule has 138 valence electrons. The number of nitrogens with one attached hydrogen (secondary N) is 2. The van der Waals surface area contributed by atoms with Crippen molar-refractivity contribution in [1.82, 2.24) is 15.5 Å². The van der Waals surface area contributed by atoms with Crippen LogP contribution in [-0.2, 0) is 0 Å². The van der Waals surface area contributed by atoms with Gasteiger partial charge in [0, 0.05) is 38.8 Å². The Morgan fingerprint density at radius 1 is 1.21 bits per heavy atom. The molecule has 0 bridgehead atoms. The monoisotopic (exact) mass is 446 g/mol. The number of aliphatic imine (C=N–C) groups is 1. The maximum absolute atomic E-state index is 4.41. The minimum atomic E-state index is 0. The fraction of sp³-hybridized carbons (Fsp3) is 0.842. The molecule has 3 rings (SSSR count). The first-order chi connectivity index (χ1) is 11.3. The van der Waals surface area contributed by atoms with Crippen LogP contribution in [0.2, 0.25) is 0 Å². The lowest BCUT2D eigenvalue weighted by Crippen LogP contribution is -2.45. The molecule has 2 fully saturated rings. The van der Waals surface area contributed by atoms with Gasteiger partial charge in [-0.05, 0) is 51.4 Å². The van der Waals surface area contributed by atoms with Crippen molar-refractivity contribution >= 4 is 29.9 Å². The molecule has 0 amide bonds. The molecular formula is C19H35IN4. The minimum absolute atomic E-state index is 0. The van der Waals surface area contributed by atoms with E-state index in [2.05, 4.69) is 26.6 Å². The molecule has 24 heavy (non-hydrogen) atoms. The molecule has 1 aliphatic heterocycles. The highest BCUT2D eigenvalue weighted by Gasteiger charge is 2.30. The molecule has 1 atom stereocenters. The zero-order valence-corrected chi connectivity index (χ0v) is 17.6. The van der Waals surface area contributed by atoms with Gasteiger partial charge in [-0.15, -0.1) is 24.0 Å². The number of hydrogen-bond acceptors (Lipinski definition) is 2. The van der Waals surface area contributed by atoms with Crippen molar-refractivity contribution in [3.63, 3.8) is 0 Å². The van der Waals surface area contributed by atoms with Gasteiger partial charge in [-0.25, -0.2) is 0 Å². The van der Waals surface area contributed by atoms with Crippen LogP contribution in [0.1, 0.15) is 64.2 Å². The SMILES string of the molecule is CN=C(NCCC1=CCCCC1)NC1CCN(C2CCCC2)C1.I. The Balaban J connectivity index is 0.00000208. The number of rotatable bonds is 5. The fourth-order valence-electron chi connectivity index (χ4n) is 4.37. The van der Waals surface area contributed by atoms with Gasteiger partial charge in [0.15, 0.2) is 5.96 Å². The molecule has 0 radical (unpaired) electrons. The molecule has 2 aliphatic carbocycles. The van der Waals surface area contributed by atoms with Gasteiger partial charge >= 0.3 is 0 Å². The van der Waals surface area contributed by atoms with E-state index in [0.29, 0.717) is 6.04 Å². The first-order valence-electron chi connectivity index (χ1n) is 9.74. The topological polar surface area (TPSA) is 39.7 Å². The third-order valence-electron chi connectivity index (χ3n) is 5.75. The van der Waals surface area contributed by atoms with Crippen LogP contribution in [0.4, 0.5) is 0 Å². The summed E-state index contributed by atoms with van der Waals surface area (Å²) in [6, 6.07) is 1.42. The predicted octanol–water partition coefficient (Wildman–Crippen LogP) is 3.68. The van der Waals surface area contributed by atoms with Crippen LogP contribution in [0.5, 0.6) is 0 Å². The van der Waals surface area contributed by atoms with E-state index in [1.54, 1.807) is 5.57 Å². The number of guanidine groups is 1. The zero-order valence-electron chi connectivity index (χ0n) is 15.2. The summed E-state index contributed by atoms with van der Waals surface area (Å²) in [7, 11) is 1.89. The molecule has 4 nitrogen and oxygen atoms in total.